The van der Waals surface area contributed by atoms with Gasteiger partial charge in [0.15, 0.2) is 15.9 Å². The van der Waals surface area contributed by atoms with Crippen molar-refractivity contribution >= 4 is 15.7 Å². The van der Waals surface area contributed by atoms with E-state index in [0.717, 1.165) is 5.56 Å². The molecule has 0 aromatic heterocycles. The summed E-state index contributed by atoms with van der Waals surface area (Å²) in [4.78, 5) is 12.0. The number of hydrogen-bond donors (Lipinski definition) is 1. The summed E-state index contributed by atoms with van der Waals surface area (Å²) in [6.45, 7) is 3.62. The van der Waals surface area contributed by atoms with Crippen molar-refractivity contribution in [3.8, 4) is 5.75 Å². The molecular weight excluding hydrogens is 278 g/mol. The third kappa shape index (κ3) is 3.96. The van der Waals surface area contributed by atoms with Gasteiger partial charge < -0.3 is 10.1 Å². The van der Waals surface area contributed by atoms with Gasteiger partial charge in [0.1, 0.15) is 5.75 Å². The van der Waals surface area contributed by atoms with Gasteiger partial charge in [0.05, 0.1) is 11.5 Å². The minimum atomic E-state index is -2.99. The standard InChI is InChI=1S/C14H19NO4S/c1-10-3-5-13(6-4-10)19-11(2)14(16)15-12-7-8-20(17,18)9-12/h3-6,11-12H,7-9H2,1-2H3,(H,15,16). The Hall–Kier alpha value is -1.56. The second kappa shape index (κ2) is 5.83. The molecule has 0 spiro atoms. The van der Waals surface area contributed by atoms with E-state index in [2.05, 4.69) is 5.32 Å². The molecule has 0 radical (unpaired) electrons. The molecule has 2 atom stereocenters. The Balaban J connectivity index is 1.88. The zero-order valence-corrected chi connectivity index (χ0v) is 12.4. The summed E-state index contributed by atoms with van der Waals surface area (Å²) in [6.07, 6.45) is -0.174. The van der Waals surface area contributed by atoms with E-state index in [1.165, 1.54) is 0 Å². The number of benzene rings is 1. The van der Waals surface area contributed by atoms with E-state index in [1.54, 1.807) is 19.1 Å². The number of carbonyl (C=O) groups excluding carboxylic acids is 1. The number of amides is 1. The lowest BCUT2D eigenvalue weighted by atomic mass is 10.2. The molecule has 110 valence electrons. The zero-order valence-electron chi connectivity index (χ0n) is 11.6. The summed E-state index contributed by atoms with van der Waals surface area (Å²) in [5, 5.41) is 2.72. The molecule has 2 unspecified atom stereocenters. The van der Waals surface area contributed by atoms with E-state index in [0.29, 0.717) is 12.2 Å². The predicted octanol–water partition coefficient (Wildman–Crippen LogP) is 1.07. The number of aryl methyl sites for hydroxylation is 1. The summed E-state index contributed by atoms with van der Waals surface area (Å²) < 4.78 is 28.2. The van der Waals surface area contributed by atoms with E-state index >= 15 is 0 Å². The van der Waals surface area contributed by atoms with Crippen LogP contribution in [0.4, 0.5) is 0 Å². The van der Waals surface area contributed by atoms with Crippen LogP contribution in [0.3, 0.4) is 0 Å². The molecule has 20 heavy (non-hydrogen) atoms. The second-order valence-corrected chi connectivity index (χ2v) is 7.41. The first kappa shape index (κ1) is 14.8. The van der Waals surface area contributed by atoms with Gasteiger partial charge in [-0.25, -0.2) is 8.42 Å². The van der Waals surface area contributed by atoms with Crippen molar-refractivity contribution in [2.75, 3.05) is 11.5 Å². The van der Waals surface area contributed by atoms with Crippen LogP contribution in [-0.4, -0.2) is 38.0 Å². The van der Waals surface area contributed by atoms with Gasteiger partial charge in [-0.05, 0) is 32.4 Å². The zero-order chi connectivity index (χ0) is 14.8. The maximum absolute atomic E-state index is 12.0. The summed E-state index contributed by atoms with van der Waals surface area (Å²) in [6, 6.07) is 7.13. The van der Waals surface area contributed by atoms with Crippen LogP contribution in [0, 0.1) is 6.92 Å². The van der Waals surface area contributed by atoms with Gasteiger partial charge in [0.25, 0.3) is 5.91 Å². The molecule has 0 saturated carbocycles. The summed E-state index contributed by atoms with van der Waals surface area (Å²) in [5.74, 6) is 0.506. The van der Waals surface area contributed by atoms with Gasteiger partial charge in [-0.3, -0.25) is 4.79 Å². The lowest BCUT2D eigenvalue weighted by molar-refractivity contribution is -0.127. The van der Waals surface area contributed by atoms with Gasteiger partial charge in [0, 0.05) is 6.04 Å². The highest BCUT2D eigenvalue weighted by molar-refractivity contribution is 7.91. The fourth-order valence-corrected chi connectivity index (χ4v) is 3.78. The maximum Gasteiger partial charge on any atom is 0.261 e. The molecule has 5 nitrogen and oxygen atoms in total. The lowest BCUT2D eigenvalue weighted by Crippen LogP contribution is -2.43. The molecular formula is C14H19NO4S. The Morgan fingerprint density at radius 1 is 1.35 bits per heavy atom. The van der Waals surface area contributed by atoms with Gasteiger partial charge in [-0.1, -0.05) is 17.7 Å². The van der Waals surface area contributed by atoms with Crippen molar-refractivity contribution in [1.82, 2.24) is 5.32 Å². The average Bonchev–Trinajstić information content (AvgIpc) is 2.71. The molecule has 0 aliphatic carbocycles. The van der Waals surface area contributed by atoms with Crippen molar-refractivity contribution in [2.24, 2.45) is 0 Å². The summed E-state index contributed by atoms with van der Waals surface area (Å²) in [5.41, 5.74) is 1.12. The van der Waals surface area contributed by atoms with Crippen molar-refractivity contribution < 1.29 is 17.9 Å². The number of rotatable bonds is 4. The minimum Gasteiger partial charge on any atom is -0.481 e. The van der Waals surface area contributed by atoms with Crippen LogP contribution in [0.25, 0.3) is 0 Å². The molecule has 1 fully saturated rings. The average molecular weight is 297 g/mol. The largest absolute Gasteiger partial charge is 0.481 e. The maximum atomic E-state index is 12.0. The van der Waals surface area contributed by atoms with Crippen molar-refractivity contribution in [3.63, 3.8) is 0 Å². The molecule has 1 heterocycles. The van der Waals surface area contributed by atoms with Crippen LogP contribution < -0.4 is 10.1 Å². The quantitative estimate of drug-likeness (QED) is 0.902. The van der Waals surface area contributed by atoms with Crippen LogP contribution in [0.15, 0.2) is 24.3 Å². The van der Waals surface area contributed by atoms with Crippen LogP contribution in [0.2, 0.25) is 0 Å². The highest BCUT2D eigenvalue weighted by atomic mass is 32.2. The minimum absolute atomic E-state index is 0.0238. The van der Waals surface area contributed by atoms with Crippen LogP contribution in [0.1, 0.15) is 18.9 Å². The van der Waals surface area contributed by atoms with Crippen molar-refractivity contribution in [3.05, 3.63) is 29.8 Å². The van der Waals surface area contributed by atoms with Gasteiger partial charge >= 0.3 is 0 Å². The van der Waals surface area contributed by atoms with E-state index in [1.807, 2.05) is 19.1 Å². The Morgan fingerprint density at radius 3 is 2.55 bits per heavy atom. The highest BCUT2D eigenvalue weighted by Gasteiger charge is 2.30. The summed E-state index contributed by atoms with van der Waals surface area (Å²) >= 11 is 0. The van der Waals surface area contributed by atoms with Gasteiger partial charge in [-0.15, -0.1) is 0 Å². The molecule has 6 heteroatoms. The Labute approximate surface area is 119 Å². The molecule has 1 aromatic rings. The number of sulfone groups is 1. The third-order valence-corrected chi connectivity index (χ3v) is 5.05. The van der Waals surface area contributed by atoms with E-state index in [9.17, 15) is 13.2 Å². The summed E-state index contributed by atoms with van der Waals surface area (Å²) in [7, 11) is -2.99. The van der Waals surface area contributed by atoms with Crippen LogP contribution in [0.5, 0.6) is 5.75 Å². The predicted molar refractivity (Wildman–Crippen MR) is 76.5 cm³/mol. The number of ether oxygens (including phenoxy) is 1. The normalized spacial score (nSPS) is 22.2. The first-order valence-electron chi connectivity index (χ1n) is 6.60. The Morgan fingerprint density at radius 2 is 2.00 bits per heavy atom. The molecule has 0 bridgehead atoms. The Bertz CT molecular complexity index is 580. The molecule has 1 amide bonds. The molecule has 1 saturated heterocycles. The number of nitrogens with one attached hydrogen (secondary N) is 1. The van der Waals surface area contributed by atoms with E-state index < -0.39 is 15.9 Å². The molecule has 2 rings (SSSR count). The second-order valence-electron chi connectivity index (χ2n) is 5.18. The third-order valence-electron chi connectivity index (χ3n) is 3.28. The molecule has 1 aromatic carbocycles. The van der Waals surface area contributed by atoms with Gasteiger partial charge in [0.2, 0.25) is 0 Å². The SMILES string of the molecule is Cc1ccc(OC(C)C(=O)NC2CCS(=O)(=O)C2)cc1. The molecule has 1 N–H and O–H groups in total. The van der Waals surface area contributed by atoms with Crippen molar-refractivity contribution in [2.45, 2.75) is 32.4 Å². The van der Waals surface area contributed by atoms with Crippen molar-refractivity contribution in [1.29, 1.82) is 0 Å². The van der Waals surface area contributed by atoms with E-state index in [4.69, 9.17) is 4.74 Å². The van der Waals surface area contributed by atoms with E-state index in [-0.39, 0.29) is 23.5 Å². The first-order chi connectivity index (χ1) is 9.35. The molecule has 1 aliphatic rings. The highest BCUT2D eigenvalue weighted by Crippen LogP contribution is 2.15. The van der Waals surface area contributed by atoms with Crippen LogP contribution >= 0.6 is 0 Å². The topological polar surface area (TPSA) is 72.5 Å². The lowest BCUT2D eigenvalue weighted by Gasteiger charge is -2.17. The molecule has 1 aliphatic heterocycles. The first-order valence-corrected chi connectivity index (χ1v) is 8.42. The smallest absolute Gasteiger partial charge is 0.261 e. The fourth-order valence-electron chi connectivity index (χ4n) is 2.10. The van der Waals surface area contributed by atoms with Gasteiger partial charge in [-0.2, -0.15) is 0 Å². The fraction of sp³-hybridized carbons (Fsp3) is 0.500. The Kier molecular flexibility index (Phi) is 4.32. The number of hydrogen-bond acceptors (Lipinski definition) is 4. The monoisotopic (exact) mass is 297 g/mol. The number of carbonyl (C=O) groups is 1. The van der Waals surface area contributed by atoms with Crippen LogP contribution in [-0.2, 0) is 14.6 Å².